The number of hydrogen-bond acceptors (Lipinski definition) is 6. The molecule has 1 fully saturated rings. The summed E-state index contributed by atoms with van der Waals surface area (Å²) in [6.45, 7) is 4.92. The third kappa shape index (κ3) is 3.90. The van der Waals surface area contributed by atoms with Gasteiger partial charge in [0.15, 0.2) is 0 Å². The number of aryl methyl sites for hydroxylation is 1. The molecular weight excluding hydrogens is 410 g/mol. The van der Waals surface area contributed by atoms with Crippen LogP contribution in [0.4, 0.5) is 5.88 Å². The molecule has 0 atom stereocenters. The van der Waals surface area contributed by atoms with Crippen molar-refractivity contribution >= 4 is 27.3 Å². The van der Waals surface area contributed by atoms with Crippen LogP contribution < -0.4 is 4.90 Å². The summed E-state index contributed by atoms with van der Waals surface area (Å²) < 4.78 is 32.9. The summed E-state index contributed by atoms with van der Waals surface area (Å²) in [5.41, 5.74) is 1.74. The van der Waals surface area contributed by atoms with Crippen LogP contribution in [0, 0.1) is 6.92 Å². The fourth-order valence-electron chi connectivity index (χ4n) is 3.34. The molecule has 1 aromatic heterocycles. The van der Waals surface area contributed by atoms with E-state index in [4.69, 9.17) is 16.0 Å². The first-order chi connectivity index (χ1) is 13.9. The minimum atomic E-state index is -3.87. The van der Waals surface area contributed by atoms with Crippen molar-refractivity contribution < 1.29 is 12.8 Å². The summed E-state index contributed by atoms with van der Waals surface area (Å²) in [7, 11) is -1.82. The van der Waals surface area contributed by atoms with Crippen molar-refractivity contribution in [2.45, 2.75) is 16.8 Å². The maximum Gasteiger partial charge on any atom is 0.236 e. The van der Waals surface area contributed by atoms with Gasteiger partial charge in [-0.25, -0.2) is 8.42 Å². The number of piperazine rings is 1. The van der Waals surface area contributed by atoms with Gasteiger partial charge < -0.3 is 14.2 Å². The number of nitrogens with zero attached hydrogens (tertiary/aromatic N) is 3. The van der Waals surface area contributed by atoms with Crippen molar-refractivity contribution in [1.82, 2.24) is 9.88 Å². The van der Waals surface area contributed by atoms with Gasteiger partial charge in [-0.15, -0.1) is 0 Å². The molecule has 0 spiro atoms. The van der Waals surface area contributed by atoms with E-state index < -0.39 is 9.84 Å². The molecule has 8 heteroatoms. The molecule has 0 bridgehead atoms. The summed E-state index contributed by atoms with van der Waals surface area (Å²) in [6, 6.07) is 13.7. The van der Waals surface area contributed by atoms with Crippen LogP contribution in [-0.2, 0) is 9.84 Å². The lowest BCUT2D eigenvalue weighted by Crippen LogP contribution is -2.44. The lowest BCUT2D eigenvalue weighted by Gasteiger charge is -2.32. The zero-order valence-corrected chi connectivity index (χ0v) is 17.9. The van der Waals surface area contributed by atoms with Crippen LogP contribution >= 0.6 is 11.6 Å². The van der Waals surface area contributed by atoms with Gasteiger partial charge in [0, 0.05) is 36.8 Å². The molecule has 0 aliphatic carbocycles. The van der Waals surface area contributed by atoms with E-state index in [0.29, 0.717) is 29.9 Å². The number of sulfone groups is 1. The number of hydrogen-bond donors (Lipinski definition) is 0. The number of rotatable bonds is 4. The van der Waals surface area contributed by atoms with E-state index >= 15 is 0 Å². The first kappa shape index (κ1) is 19.9. The second-order valence-corrected chi connectivity index (χ2v) is 9.49. The van der Waals surface area contributed by atoms with E-state index in [9.17, 15) is 8.42 Å². The van der Waals surface area contributed by atoms with Gasteiger partial charge in [-0.3, -0.25) is 0 Å². The lowest BCUT2D eigenvalue weighted by molar-refractivity contribution is 0.305. The molecule has 1 aliphatic rings. The Balaban J connectivity index is 1.85. The highest BCUT2D eigenvalue weighted by Gasteiger charge is 2.32. The van der Waals surface area contributed by atoms with Crippen LogP contribution in [0.1, 0.15) is 5.56 Å². The standard InChI is InChI=1S/C21H22ClN3O3S/c1-15-5-3-4-6-18(15)19-23-20(21(28-19)25-13-11-24(2)12-14-25)29(26,27)17-9-7-16(22)8-10-17/h3-10H,11-14H2,1-2H3. The maximum atomic E-state index is 13.4. The summed E-state index contributed by atoms with van der Waals surface area (Å²) in [5.74, 6) is 0.607. The number of aromatic nitrogens is 1. The van der Waals surface area contributed by atoms with Crippen molar-refractivity contribution in [2.75, 3.05) is 38.1 Å². The Kier molecular flexibility index (Phi) is 5.38. The van der Waals surface area contributed by atoms with E-state index in [1.165, 1.54) is 12.1 Å². The van der Waals surface area contributed by atoms with Gasteiger partial charge in [0.25, 0.3) is 0 Å². The van der Waals surface area contributed by atoms with Crippen molar-refractivity contribution in [2.24, 2.45) is 0 Å². The van der Waals surface area contributed by atoms with Gasteiger partial charge in [-0.05, 0) is 49.9 Å². The van der Waals surface area contributed by atoms with E-state index in [0.717, 1.165) is 24.2 Å². The summed E-state index contributed by atoms with van der Waals surface area (Å²) >= 11 is 5.93. The Morgan fingerprint density at radius 2 is 1.66 bits per heavy atom. The molecule has 2 heterocycles. The molecule has 1 aliphatic heterocycles. The molecule has 0 radical (unpaired) electrons. The van der Waals surface area contributed by atoms with Gasteiger partial charge >= 0.3 is 0 Å². The van der Waals surface area contributed by atoms with Gasteiger partial charge in [0.05, 0.1) is 4.90 Å². The highest BCUT2D eigenvalue weighted by atomic mass is 35.5. The van der Waals surface area contributed by atoms with Crippen LogP contribution in [-0.4, -0.2) is 51.5 Å². The zero-order chi connectivity index (χ0) is 20.6. The lowest BCUT2D eigenvalue weighted by atomic mass is 10.1. The van der Waals surface area contributed by atoms with E-state index in [1.54, 1.807) is 12.1 Å². The summed E-state index contributed by atoms with van der Waals surface area (Å²) in [6.07, 6.45) is 0. The van der Waals surface area contributed by atoms with Crippen LogP contribution in [0.2, 0.25) is 5.02 Å². The fraction of sp³-hybridized carbons (Fsp3) is 0.286. The predicted octanol–water partition coefficient (Wildman–Crippen LogP) is 3.89. The fourth-order valence-corrected chi connectivity index (χ4v) is 4.78. The average molecular weight is 432 g/mol. The minimum Gasteiger partial charge on any atom is -0.419 e. The topological polar surface area (TPSA) is 66.7 Å². The van der Waals surface area contributed by atoms with Crippen LogP contribution in [0.15, 0.2) is 62.9 Å². The second kappa shape index (κ2) is 7.82. The van der Waals surface area contributed by atoms with E-state index in [2.05, 4.69) is 9.88 Å². The summed E-state index contributed by atoms with van der Waals surface area (Å²) in [5, 5.41) is 0.423. The van der Waals surface area contributed by atoms with Crippen LogP contribution in [0.25, 0.3) is 11.5 Å². The Labute approximate surface area is 175 Å². The number of oxazole rings is 1. The minimum absolute atomic E-state index is 0.0531. The Hall–Kier alpha value is -2.35. The second-order valence-electron chi connectivity index (χ2n) is 7.19. The molecule has 29 heavy (non-hydrogen) atoms. The number of likely N-dealkylation sites (N-methyl/N-ethyl adjacent to an activating group) is 1. The highest BCUT2D eigenvalue weighted by molar-refractivity contribution is 7.91. The highest BCUT2D eigenvalue weighted by Crippen LogP contribution is 2.36. The maximum absolute atomic E-state index is 13.4. The predicted molar refractivity (Wildman–Crippen MR) is 113 cm³/mol. The Morgan fingerprint density at radius 1 is 1.00 bits per heavy atom. The normalized spacial score (nSPS) is 15.6. The smallest absolute Gasteiger partial charge is 0.236 e. The zero-order valence-electron chi connectivity index (χ0n) is 16.3. The molecule has 0 N–H and O–H groups in total. The summed E-state index contributed by atoms with van der Waals surface area (Å²) in [4.78, 5) is 8.76. The first-order valence-electron chi connectivity index (χ1n) is 9.37. The Morgan fingerprint density at radius 3 is 2.31 bits per heavy atom. The first-order valence-corrected chi connectivity index (χ1v) is 11.2. The Bertz CT molecular complexity index is 1120. The number of halogens is 1. The molecule has 6 nitrogen and oxygen atoms in total. The SMILES string of the molecule is Cc1ccccc1-c1nc(S(=O)(=O)c2ccc(Cl)cc2)c(N2CCN(C)CC2)o1. The van der Waals surface area contributed by atoms with E-state index in [-0.39, 0.29) is 9.92 Å². The molecule has 152 valence electrons. The molecule has 0 saturated carbocycles. The van der Waals surface area contributed by atoms with Crippen molar-refractivity contribution in [3.63, 3.8) is 0 Å². The monoisotopic (exact) mass is 431 g/mol. The molecule has 0 unspecified atom stereocenters. The number of benzene rings is 2. The molecular formula is C21H22ClN3O3S. The molecule has 3 aromatic rings. The van der Waals surface area contributed by atoms with Crippen molar-refractivity contribution in [3.8, 4) is 11.5 Å². The third-order valence-electron chi connectivity index (χ3n) is 5.12. The van der Waals surface area contributed by atoms with Gasteiger partial charge in [0.1, 0.15) is 0 Å². The van der Waals surface area contributed by atoms with Crippen LogP contribution in [0.5, 0.6) is 0 Å². The molecule has 0 amide bonds. The van der Waals surface area contributed by atoms with Crippen LogP contribution in [0.3, 0.4) is 0 Å². The van der Waals surface area contributed by atoms with Gasteiger partial charge in [-0.2, -0.15) is 4.98 Å². The molecule has 2 aromatic carbocycles. The number of anilines is 1. The van der Waals surface area contributed by atoms with E-state index in [1.807, 2.05) is 43.1 Å². The molecule has 4 rings (SSSR count). The molecule has 1 saturated heterocycles. The van der Waals surface area contributed by atoms with Gasteiger partial charge in [0.2, 0.25) is 26.6 Å². The largest absolute Gasteiger partial charge is 0.419 e. The quantitative estimate of drug-likeness (QED) is 0.624. The van der Waals surface area contributed by atoms with Crippen molar-refractivity contribution in [3.05, 3.63) is 59.1 Å². The van der Waals surface area contributed by atoms with Gasteiger partial charge in [-0.1, -0.05) is 29.8 Å². The third-order valence-corrected chi connectivity index (χ3v) is 7.04. The average Bonchev–Trinajstić information content (AvgIpc) is 3.15. The van der Waals surface area contributed by atoms with Crippen molar-refractivity contribution in [1.29, 1.82) is 0 Å².